The van der Waals surface area contributed by atoms with E-state index in [9.17, 15) is 14.7 Å². The Kier molecular flexibility index (Phi) is 4.76. The van der Waals surface area contributed by atoms with Crippen LogP contribution >= 0.6 is 0 Å². The molecule has 5 heteroatoms. The van der Waals surface area contributed by atoms with E-state index in [0.29, 0.717) is 23.2 Å². The van der Waals surface area contributed by atoms with Crippen molar-refractivity contribution in [3.8, 4) is 0 Å². The second-order valence-electron chi connectivity index (χ2n) is 5.74. The summed E-state index contributed by atoms with van der Waals surface area (Å²) in [6.45, 7) is 7.79. The van der Waals surface area contributed by atoms with Gasteiger partial charge in [0.2, 0.25) is 5.91 Å². The number of anilines is 1. The van der Waals surface area contributed by atoms with Gasteiger partial charge in [-0.1, -0.05) is 27.7 Å². The smallest absolute Gasteiger partial charge is 0.335 e. The summed E-state index contributed by atoms with van der Waals surface area (Å²) in [4.78, 5) is 22.8. The van der Waals surface area contributed by atoms with Crippen LogP contribution in [0.25, 0.3) is 0 Å². The quantitative estimate of drug-likeness (QED) is 0.737. The van der Waals surface area contributed by atoms with Gasteiger partial charge in [-0.05, 0) is 28.7 Å². The highest BCUT2D eigenvalue weighted by Crippen LogP contribution is 2.32. The van der Waals surface area contributed by atoms with E-state index >= 15 is 0 Å². The lowest BCUT2D eigenvalue weighted by atomic mass is 9.80. The Labute approximate surface area is 119 Å². The fourth-order valence-corrected chi connectivity index (χ4v) is 2.20. The number of carboxylic acid groups (broad SMARTS) is 1. The molecule has 0 unspecified atom stereocenters. The lowest BCUT2D eigenvalue weighted by Gasteiger charge is -2.26. The minimum absolute atomic E-state index is 0.0926. The first kappa shape index (κ1) is 16.0. The summed E-state index contributed by atoms with van der Waals surface area (Å²) in [6.07, 6.45) is 0.378. The molecule has 4 N–H and O–H groups in total. The predicted octanol–water partition coefficient (Wildman–Crippen LogP) is 2.29. The molecule has 0 spiro atoms. The molecule has 0 aliphatic carbocycles. The minimum Gasteiger partial charge on any atom is -0.478 e. The van der Waals surface area contributed by atoms with Crippen LogP contribution in [0.1, 0.15) is 55.6 Å². The number of nitrogen functional groups attached to an aromatic ring is 1. The zero-order valence-electron chi connectivity index (χ0n) is 12.4. The molecular formula is C15H22N2O3. The lowest BCUT2D eigenvalue weighted by Crippen LogP contribution is -2.27. The third kappa shape index (κ3) is 3.50. The predicted molar refractivity (Wildman–Crippen MR) is 78.7 cm³/mol. The van der Waals surface area contributed by atoms with Crippen LogP contribution < -0.4 is 11.1 Å². The summed E-state index contributed by atoms with van der Waals surface area (Å²) < 4.78 is 0. The van der Waals surface area contributed by atoms with Crippen LogP contribution in [0.5, 0.6) is 0 Å². The monoisotopic (exact) mass is 278 g/mol. The number of carboxylic acids is 1. The number of nitrogens with two attached hydrogens (primary N) is 1. The normalized spacial score (nSPS) is 11.2. The highest BCUT2D eigenvalue weighted by molar-refractivity contribution is 5.91. The number of hydrogen-bond donors (Lipinski definition) is 3. The van der Waals surface area contributed by atoms with E-state index in [4.69, 9.17) is 5.73 Å². The molecule has 0 saturated heterocycles. The standard InChI is InChI=1S/C15H22N2O3/c1-5-12(18)17-8-10-11(16)7-6-9(14(19)20)13(10)15(2,3)4/h6-7H,5,8,16H2,1-4H3,(H,17,18)(H,19,20). The zero-order chi connectivity index (χ0) is 15.5. The van der Waals surface area contributed by atoms with Crippen molar-refractivity contribution in [2.24, 2.45) is 0 Å². The molecule has 0 aliphatic rings. The Morgan fingerprint density at radius 2 is 1.90 bits per heavy atom. The molecule has 0 aliphatic heterocycles. The van der Waals surface area contributed by atoms with Crippen molar-refractivity contribution < 1.29 is 14.7 Å². The topological polar surface area (TPSA) is 92.4 Å². The number of carbonyl (C=O) groups is 2. The summed E-state index contributed by atoms with van der Waals surface area (Å²) in [5, 5.41) is 12.1. The Morgan fingerprint density at radius 1 is 1.30 bits per heavy atom. The molecule has 5 nitrogen and oxygen atoms in total. The number of benzene rings is 1. The summed E-state index contributed by atoms with van der Waals surface area (Å²) in [5.74, 6) is -1.08. The highest BCUT2D eigenvalue weighted by Gasteiger charge is 2.26. The van der Waals surface area contributed by atoms with Crippen LogP contribution in [0.4, 0.5) is 5.69 Å². The average molecular weight is 278 g/mol. The molecule has 0 radical (unpaired) electrons. The maximum absolute atomic E-state index is 11.4. The number of nitrogens with one attached hydrogen (secondary N) is 1. The fourth-order valence-electron chi connectivity index (χ4n) is 2.20. The van der Waals surface area contributed by atoms with Crippen molar-refractivity contribution in [3.05, 3.63) is 28.8 Å². The van der Waals surface area contributed by atoms with Crippen LogP contribution in [0.2, 0.25) is 0 Å². The first-order chi connectivity index (χ1) is 9.18. The van der Waals surface area contributed by atoms with Gasteiger partial charge in [0.15, 0.2) is 0 Å². The molecule has 1 aromatic rings. The third-order valence-corrected chi connectivity index (χ3v) is 3.11. The molecule has 1 rings (SSSR count). The van der Waals surface area contributed by atoms with Gasteiger partial charge in [-0.25, -0.2) is 4.79 Å². The highest BCUT2D eigenvalue weighted by atomic mass is 16.4. The van der Waals surface area contributed by atoms with Crippen LogP contribution in [0, 0.1) is 0 Å². The van der Waals surface area contributed by atoms with Crippen LogP contribution in [0.3, 0.4) is 0 Å². The molecule has 0 bridgehead atoms. The van der Waals surface area contributed by atoms with Crippen molar-refractivity contribution in [1.29, 1.82) is 0 Å². The van der Waals surface area contributed by atoms with E-state index < -0.39 is 5.97 Å². The second-order valence-corrected chi connectivity index (χ2v) is 5.74. The summed E-state index contributed by atoms with van der Waals surface area (Å²) in [6, 6.07) is 3.09. The Morgan fingerprint density at radius 3 is 2.35 bits per heavy atom. The Balaban J connectivity index is 3.36. The minimum atomic E-state index is -0.988. The molecule has 20 heavy (non-hydrogen) atoms. The van der Waals surface area contributed by atoms with E-state index in [1.165, 1.54) is 6.07 Å². The van der Waals surface area contributed by atoms with Crippen LogP contribution in [-0.4, -0.2) is 17.0 Å². The molecule has 0 fully saturated rings. The molecule has 0 atom stereocenters. The van der Waals surface area contributed by atoms with Crippen molar-refractivity contribution in [2.75, 3.05) is 5.73 Å². The maximum atomic E-state index is 11.4. The van der Waals surface area contributed by atoms with E-state index in [-0.39, 0.29) is 23.4 Å². The zero-order valence-corrected chi connectivity index (χ0v) is 12.4. The Bertz CT molecular complexity index is 531. The van der Waals surface area contributed by atoms with E-state index in [1.807, 2.05) is 20.8 Å². The average Bonchev–Trinajstić information content (AvgIpc) is 2.34. The Hall–Kier alpha value is -2.04. The molecule has 1 aromatic carbocycles. The van der Waals surface area contributed by atoms with Crippen LogP contribution in [-0.2, 0) is 16.8 Å². The van der Waals surface area contributed by atoms with Gasteiger partial charge in [0.1, 0.15) is 0 Å². The van der Waals surface area contributed by atoms with Gasteiger partial charge in [-0.2, -0.15) is 0 Å². The third-order valence-electron chi connectivity index (χ3n) is 3.11. The van der Waals surface area contributed by atoms with E-state index in [2.05, 4.69) is 5.32 Å². The SMILES string of the molecule is CCC(=O)NCc1c(N)ccc(C(=O)O)c1C(C)(C)C. The molecule has 0 aromatic heterocycles. The molecule has 0 saturated carbocycles. The maximum Gasteiger partial charge on any atom is 0.335 e. The number of amides is 1. The van der Waals surface area contributed by atoms with Gasteiger partial charge in [-0.3, -0.25) is 4.79 Å². The molecule has 1 amide bonds. The summed E-state index contributed by atoms with van der Waals surface area (Å²) >= 11 is 0. The summed E-state index contributed by atoms with van der Waals surface area (Å²) in [5.41, 5.74) is 7.66. The van der Waals surface area contributed by atoms with Crippen molar-refractivity contribution in [3.63, 3.8) is 0 Å². The van der Waals surface area contributed by atoms with Gasteiger partial charge in [-0.15, -0.1) is 0 Å². The summed E-state index contributed by atoms with van der Waals surface area (Å²) in [7, 11) is 0. The molecule has 110 valence electrons. The van der Waals surface area contributed by atoms with Gasteiger partial charge in [0.05, 0.1) is 5.56 Å². The van der Waals surface area contributed by atoms with Crippen molar-refractivity contribution in [1.82, 2.24) is 5.32 Å². The van der Waals surface area contributed by atoms with E-state index in [0.717, 1.165) is 0 Å². The lowest BCUT2D eigenvalue weighted by molar-refractivity contribution is -0.120. The van der Waals surface area contributed by atoms with Crippen molar-refractivity contribution in [2.45, 2.75) is 46.1 Å². The number of rotatable bonds is 4. The van der Waals surface area contributed by atoms with Gasteiger partial charge in [0.25, 0.3) is 0 Å². The first-order valence-corrected chi connectivity index (χ1v) is 6.60. The van der Waals surface area contributed by atoms with Crippen molar-refractivity contribution >= 4 is 17.6 Å². The fraction of sp³-hybridized carbons (Fsp3) is 0.467. The van der Waals surface area contributed by atoms with E-state index in [1.54, 1.807) is 13.0 Å². The number of aromatic carboxylic acids is 1. The van der Waals surface area contributed by atoms with Gasteiger partial charge in [0, 0.05) is 18.7 Å². The second kappa shape index (κ2) is 5.94. The number of carbonyl (C=O) groups excluding carboxylic acids is 1. The van der Waals surface area contributed by atoms with Crippen LogP contribution in [0.15, 0.2) is 12.1 Å². The van der Waals surface area contributed by atoms with Gasteiger partial charge >= 0.3 is 5.97 Å². The first-order valence-electron chi connectivity index (χ1n) is 6.60. The number of hydrogen-bond acceptors (Lipinski definition) is 3. The molecular weight excluding hydrogens is 256 g/mol. The van der Waals surface area contributed by atoms with Gasteiger partial charge < -0.3 is 16.2 Å². The largest absolute Gasteiger partial charge is 0.478 e. The molecule has 0 heterocycles.